The number of tetrazole rings is 1. The molecule has 0 aliphatic rings. The van der Waals surface area contributed by atoms with E-state index in [0.717, 1.165) is 73.2 Å². The smallest absolute Gasteiger partial charge is 0.219 e. The summed E-state index contributed by atoms with van der Waals surface area (Å²) in [6, 6.07) is 24.6. The second kappa shape index (κ2) is 23.4. The molecule has 0 fully saturated rings. The molecule has 0 spiro atoms. The Kier molecular flexibility index (Phi) is 18.2. The van der Waals surface area contributed by atoms with E-state index in [1.165, 1.54) is 0 Å². The van der Waals surface area contributed by atoms with E-state index in [1.54, 1.807) is 0 Å². The maximum absolute atomic E-state index is 12.3. The van der Waals surface area contributed by atoms with Gasteiger partial charge in [0.2, 0.25) is 11.8 Å². The van der Waals surface area contributed by atoms with E-state index in [0.29, 0.717) is 78.2 Å². The van der Waals surface area contributed by atoms with Gasteiger partial charge in [0.1, 0.15) is 0 Å². The van der Waals surface area contributed by atoms with Crippen LogP contribution in [0, 0.1) is 0 Å². The lowest BCUT2D eigenvalue weighted by Gasteiger charge is -2.23. The molecule has 4 aromatic rings. The zero-order chi connectivity index (χ0) is 36.7. The third-order valence-electron chi connectivity index (χ3n) is 8.61. The number of pyridine rings is 1. The summed E-state index contributed by atoms with van der Waals surface area (Å²) in [7, 11) is 0. The lowest BCUT2D eigenvalue weighted by molar-refractivity contribution is -0.121. The first-order chi connectivity index (χ1) is 25.5. The number of unbranched alkanes of at least 4 members (excludes halogenated alkanes) is 2. The molecular formula is C40H57N7O5. The minimum absolute atomic E-state index is 0.0516. The third-order valence-corrected chi connectivity index (χ3v) is 8.61. The Balaban J connectivity index is 1.09. The Morgan fingerprint density at radius 3 is 2.13 bits per heavy atom. The van der Waals surface area contributed by atoms with Gasteiger partial charge < -0.3 is 30.0 Å². The molecule has 0 radical (unpaired) electrons. The van der Waals surface area contributed by atoms with Gasteiger partial charge in [0.05, 0.1) is 38.7 Å². The highest BCUT2D eigenvalue weighted by atomic mass is 16.5. The average molecular weight is 716 g/mol. The van der Waals surface area contributed by atoms with E-state index in [1.807, 2.05) is 47.1 Å². The summed E-state index contributed by atoms with van der Waals surface area (Å²) < 4.78 is 24.5. The van der Waals surface area contributed by atoms with Crippen molar-refractivity contribution in [1.29, 1.82) is 0 Å². The predicted molar refractivity (Wildman–Crippen MR) is 203 cm³/mol. The summed E-state index contributed by atoms with van der Waals surface area (Å²) in [6.45, 7) is 10.3. The molecule has 0 saturated carbocycles. The van der Waals surface area contributed by atoms with Crippen LogP contribution < -0.4 is 15.8 Å². The van der Waals surface area contributed by atoms with E-state index >= 15 is 0 Å². The highest BCUT2D eigenvalue weighted by Crippen LogP contribution is 2.30. The van der Waals surface area contributed by atoms with Gasteiger partial charge in [-0.2, -0.15) is 0 Å². The Labute approximate surface area is 308 Å². The van der Waals surface area contributed by atoms with Crippen LogP contribution in [0.2, 0.25) is 0 Å². The number of carbonyl (C=O) groups is 1. The van der Waals surface area contributed by atoms with Gasteiger partial charge >= 0.3 is 0 Å². The van der Waals surface area contributed by atoms with Gasteiger partial charge in [-0.3, -0.25) is 4.79 Å². The van der Waals surface area contributed by atoms with Gasteiger partial charge in [0.15, 0.2) is 5.82 Å². The van der Waals surface area contributed by atoms with Crippen molar-refractivity contribution in [1.82, 2.24) is 30.5 Å². The SMILES string of the molecule is CC(C)(CCCCOc1cc(-c2ccccc2)cc(-c2ccccc2)n1)c1nnnn1CCCCC(=O)NCCCOCCOCCOCCCN. The molecular weight excluding hydrogens is 658 g/mol. The van der Waals surface area contributed by atoms with Crippen LogP contribution in [0.1, 0.15) is 71.0 Å². The number of benzene rings is 2. The van der Waals surface area contributed by atoms with Crippen LogP contribution in [0.5, 0.6) is 5.88 Å². The maximum atomic E-state index is 12.3. The highest BCUT2D eigenvalue weighted by Gasteiger charge is 2.27. The largest absolute Gasteiger partial charge is 0.478 e. The number of ether oxygens (including phenoxy) is 4. The molecule has 0 saturated heterocycles. The number of hydrogen-bond acceptors (Lipinski definition) is 10. The molecule has 3 N–H and O–H groups in total. The lowest BCUT2D eigenvalue weighted by atomic mass is 9.86. The Hall–Kier alpha value is -4.23. The molecule has 0 aliphatic heterocycles. The van der Waals surface area contributed by atoms with Crippen molar-refractivity contribution in [2.24, 2.45) is 5.73 Å². The van der Waals surface area contributed by atoms with Crippen molar-refractivity contribution < 1.29 is 23.7 Å². The summed E-state index contributed by atoms with van der Waals surface area (Å²) in [4.78, 5) is 17.1. The molecule has 2 aromatic carbocycles. The minimum atomic E-state index is -0.208. The first kappa shape index (κ1) is 40.5. The number of rotatable bonds is 27. The summed E-state index contributed by atoms with van der Waals surface area (Å²) >= 11 is 0. The van der Waals surface area contributed by atoms with E-state index < -0.39 is 0 Å². The van der Waals surface area contributed by atoms with Crippen LogP contribution in [-0.4, -0.2) is 90.4 Å². The number of carbonyl (C=O) groups excluding carboxylic acids is 1. The molecule has 2 aromatic heterocycles. The summed E-state index contributed by atoms with van der Waals surface area (Å²) in [5.41, 5.74) is 9.37. The highest BCUT2D eigenvalue weighted by molar-refractivity contribution is 5.75. The van der Waals surface area contributed by atoms with Crippen molar-refractivity contribution in [2.75, 3.05) is 59.3 Å². The van der Waals surface area contributed by atoms with Crippen molar-refractivity contribution in [2.45, 2.75) is 77.2 Å². The second-order valence-corrected chi connectivity index (χ2v) is 13.4. The van der Waals surface area contributed by atoms with Gasteiger partial charge in [-0.05, 0) is 79.1 Å². The fourth-order valence-electron chi connectivity index (χ4n) is 5.70. The second-order valence-electron chi connectivity index (χ2n) is 13.4. The van der Waals surface area contributed by atoms with Crippen molar-refractivity contribution in [3.05, 3.63) is 78.6 Å². The fraction of sp³-hybridized carbons (Fsp3) is 0.525. The molecule has 12 nitrogen and oxygen atoms in total. The Bertz CT molecular complexity index is 1490. The molecule has 0 aliphatic carbocycles. The maximum Gasteiger partial charge on any atom is 0.219 e. The van der Waals surface area contributed by atoms with Gasteiger partial charge in [0.25, 0.3) is 0 Å². The van der Waals surface area contributed by atoms with Crippen LogP contribution in [-0.2, 0) is 31.0 Å². The number of aryl methyl sites for hydroxylation is 1. The lowest BCUT2D eigenvalue weighted by Crippen LogP contribution is -2.25. The van der Waals surface area contributed by atoms with Crippen LogP contribution >= 0.6 is 0 Å². The topological polar surface area (TPSA) is 149 Å². The number of aromatic nitrogens is 5. The number of hydrogen-bond donors (Lipinski definition) is 2. The van der Waals surface area contributed by atoms with Crippen LogP contribution in [0.15, 0.2) is 72.8 Å². The number of nitrogens with one attached hydrogen (secondary N) is 1. The zero-order valence-electron chi connectivity index (χ0n) is 31.0. The molecule has 1 amide bonds. The normalized spacial score (nSPS) is 11.5. The quantitative estimate of drug-likeness (QED) is 0.0704. The average Bonchev–Trinajstić information content (AvgIpc) is 3.65. The fourth-order valence-corrected chi connectivity index (χ4v) is 5.70. The molecule has 2 heterocycles. The van der Waals surface area contributed by atoms with Crippen LogP contribution in [0.3, 0.4) is 0 Å². The van der Waals surface area contributed by atoms with E-state index in [-0.39, 0.29) is 11.3 Å². The summed E-state index contributed by atoms with van der Waals surface area (Å²) in [5, 5.41) is 15.6. The summed E-state index contributed by atoms with van der Waals surface area (Å²) in [5.74, 6) is 1.54. The Morgan fingerprint density at radius 2 is 1.42 bits per heavy atom. The van der Waals surface area contributed by atoms with E-state index in [2.05, 4.69) is 65.0 Å². The van der Waals surface area contributed by atoms with Gasteiger partial charge in [-0.1, -0.05) is 74.5 Å². The number of amides is 1. The third kappa shape index (κ3) is 14.8. The number of nitrogens with two attached hydrogens (primary N) is 1. The molecule has 0 unspecified atom stereocenters. The van der Waals surface area contributed by atoms with Crippen molar-refractivity contribution in [3.8, 4) is 28.3 Å². The first-order valence-corrected chi connectivity index (χ1v) is 18.7. The van der Waals surface area contributed by atoms with E-state index in [9.17, 15) is 4.79 Å². The van der Waals surface area contributed by atoms with Crippen LogP contribution in [0.4, 0.5) is 0 Å². The molecule has 4 rings (SSSR count). The first-order valence-electron chi connectivity index (χ1n) is 18.7. The van der Waals surface area contributed by atoms with E-state index in [4.69, 9.17) is 29.7 Å². The Morgan fingerprint density at radius 1 is 0.750 bits per heavy atom. The zero-order valence-corrected chi connectivity index (χ0v) is 31.0. The van der Waals surface area contributed by atoms with Crippen LogP contribution in [0.25, 0.3) is 22.4 Å². The van der Waals surface area contributed by atoms with Crippen molar-refractivity contribution >= 4 is 5.91 Å². The van der Waals surface area contributed by atoms with Crippen molar-refractivity contribution in [3.63, 3.8) is 0 Å². The van der Waals surface area contributed by atoms with Gasteiger partial charge in [-0.25, -0.2) is 9.67 Å². The molecule has 0 atom stereocenters. The standard InChI is InChI=1S/C40H57N7O5/c1-40(2,20-10-12-26-52-38-32-35(33-15-5-3-6-16-33)31-36(43-38)34-17-7-4-8-18-34)39-44-45-46-47(39)23-11-9-19-37(48)42-22-14-25-50-28-30-51-29-27-49-24-13-21-41/h3-8,15-18,31-32H,9-14,19-30,41H2,1-2H3,(H,42,48). The monoisotopic (exact) mass is 715 g/mol. The molecule has 282 valence electrons. The predicted octanol–water partition coefficient (Wildman–Crippen LogP) is 6.00. The molecule has 12 heteroatoms. The molecule has 0 bridgehead atoms. The molecule has 52 heavy (non-hydrogen) atoms. The summed E-state index contributed by atoms with van der Waals surface area (Å²) in [6.07, 6.45) is 6.41. The van der Waals surface area contributed by atoms with Gasteiger partial charge in [-0.15, -0.1) is 5.10 Å². The number of nitrogens with zero attached hydrogens (tertiary/aromatic N) is 5. The van der Waals surface area contributed by atoms with Gasteiger partial charge in [0, 0.05) is 49.8 Å². The minimum Gasteiger partial charge on any atom is -0.478 e.